The second-order valence-electron chi connectivity index (χ2n) is 6.29. The zero-order chi connectivity index (χ0) is 22.6. The molecule has 0 aliphatic heterocycles. The van der Waals surface area contributed by atoms with E-state index in [0.717, 1.165) is 16.8 Å². The van der Waals surface area contributed by atoms with E-state index in [9.17, 15) is 27.2 Å². The monoisotopic (exact) mass is 437 g/mol. The average molecular weight is 437 g/mol. The lowest BCUT2D eigenvalue weighted by molar-refractivity contribution is -0.154. The summed E-state index contributed by atoms with van der Waals surface area (Å²) in [7, 11) is 1.30. The third-order valence-corrected chi connectivity index (χ3v) is 4.06. The molecule has 0 N–H and O–H groups in total. The van der Waals surface area contributed by atoms with E-state index in [1.54, 1.807) is 0 Å². The Labute approximate surface area is 172 Å². The Balaban J connectivity index is 1.80. The Hall–Kier alpha value is -3.76. The van der Waals surface area contributed by atoms with Crippen molar-refractivity contribution in [3.8, 4) is 17.3 Å². The molecule has 11 heteroatoms. The predicted octanol–water partition coefficient (Wildman–Crippen LogP) is 3.14. The highest BCUT2D eigenvalue weighted by molar-refractivity contribution is 5.97. The van der Waals surface area contributed by atoms with Crippen LogP contribution in [-0.4, -0.2) is 40.4 Å². The highest BCUT2D eigenvalue weighted by Gasteiger charge is 2.28. The standard InChI is InChI=1S/C20H15F4N3O4/c1-30-17-9-13(21)3-4-15(17)27-19(29)14(6-7-26-27)16(28)8-12-2-5-18(25-10-12)31-11-20(22,23)24/h2-7,9-10H,8,11H2,1H3. The molecule has 162 valence electrons. The lowest BCUT2D eigenvalue weighted by Gasteiger charge is -2.11. The molecular formula is C20H15F4N3O4. The highest BCUT2D eigenvalue weighted by Crippen LogP contribution is 2.22. The predicted molar refractivity (Wildman–Crippen MR) is 100 cm³/mol. The van der Waals surface area contributed by atoms with Crippen LogP contribution in [0, 0.1) is 5.82 Å². The summed E-state index contributed by atoms with van der Waals surface area (Å²) in [6.45, 7) is -1.48. The van der Waals surface area contributed by atoms with Gasteiger partial charge in [-0.3, -0.25) is 9.59 Å². The lowest BCUT2D eigenvalue weighted by Crippen LogP contribution is -2.28. The maximum atomic E-state index is 13.4. The SMILES string of the molecule is COc1cc(F)ccc1-n1nccc(C(=O)Cc2ccc(OCC(F)(F)F)nc2)c1=O. The molecule has 0 bridgehead atoms. The number of Topliss-reactive ketones (excluding diaryl/α,β-unsaturated/α-hetero) is 1. The van der Waals surface area contributed by atoms with Gasteiger partial charge in [0, 0.05) is 30.9 Å². The van der Waals surface area contributed by atoms with Gasteiger partial charge in [0.1, 0.15) is 17.3 Å². The molecule has 31 heavy (non-hydrogen) atoms. The third kappa shape index (κ3) is 5.44. The van der Waals surface area contributed by atoms with Crippen LogP contribution in [0.3, 0.4) is 0 Å². The Morgan fingerprint density at radius 2 is 1.94 bits per heavy atom. The van der Waals surface area contributed by atoms with Crippen LogP contribution in [0.5, 0.6) is 11.6 Å². The molecule has 2 aromatic heterocycles. The van der Waals surface area contributed by atoms with Crippen molar-refractivity contribution in [3.63, 3.8) is 0 Å². The molecule has 0 unspecified atom stereocenters. The van der Waals surface area contributed by atoms with Gasteiger partial charge in [0.2, 0.25) is 5.88 Å². The molecule has 0 aliphatic rings. The van der Waals surface area contributed by atoms with Gasteiger partial charge in [-0.05, 0) is 23.8 Å². The van der Waals surface area contributed by atoms with Crippen molar-refractivity contribution in [2.75, 3.05) is 13.7 Å². The fourth-order valence-electron chi connectivity index (χ4n) is 2.66. The van der Waals surface area contributed by atoms with Crippen molar-refractivity contribution >= 4 is 5.78 Å². The van der Waals surface area contributed by atoms with Crippen molar-refractivity contribution in [2.45, 2.75) is 12.6 Å². The van der Waals surface area contributed by atoms with Crippen LogP contribution in [0.4, 0.5) is 17.6 Å². The largest absolute Gasteiger partial charge is 0.494 e. The first-order valence-corrected chi connectivity index (χ1v) is 8.78. The minimum absolute atomic E-state index is 0.0536. The smallest absolute Gasteiger partial charge is 0.422 e. The average Bonchev–Trinajstić information content (AvgIpc) is 2.73. The van der Waals surface area contributed by atoms with Crippen LogP contribution in [0.25, 0.3) is 5.69 Å². The second-order valence-corrected chi connectivity index (χ2v) is 6.29. The summed E-state index contributed by atoms with van der Waals surface area (Å²) >= 11 is 0. The summed E-state index contributed by atoms with van der Waals surface area (Å²) in [5, 5.41) is 3.92. The molecule has 3 aromatic rings. The summed E-state index contributed by atoms with van der Waals surface area (Å²) in [6.07, 6.45) is -2.30. The van der Waals surface area contributed by atoms with E-state index in [0.29, 0.717) is 5.56 Å². The molecule has 0 radical (unpaired) electrons. The third-order valence-electron chi connectivity index (χ3n) is 4.06. The molecule has 0 aliphatic carbocycles. The fraction of sp³-hybridized carbons (Fsp3) is 0.200. The summed E-state index contributed by atoms with van der Waals surface area (Å²) in [6, 6.07) is 7.30. The van der Waals surface area contributed by atoms with Crippen molar-refractivity contribution in [3.05, 3.63) is 76.1 Å². The number of rotatable bonds is 7. The van der Waals surface area contributed by atoms with E-state index in [4.69, 9.17) is 4.74 Å². The molecule has 0 amide bonds. The fourth-order valence-corrected chi connectivity index (χ4v) is 2.66. The van der Waals surface area contributed by atoms with E-state index in [2.05, 4.69) is 14.8 Å². The number of hydrogen-bond acceptors (Lipinski definition) is 6. The maximum absolute atomic E-state index is 13.4. The van der Waals surface area contributed by atoms with Crippen LogP contribution < -0.4 is 15.0 Å². The maximum Gasteiger partial charge on any atom is 0.422 e. The van der Waals surface area contributed by atoms with Crippen LogP contribution >= 0.6 is 0 Å². The van der Waals surface area contributed by atoms with Gasteiger partial charge >= 0.3 is 6.18 Å². The first kappa shape index (κ1) is 21.9. The Morgan fingerprint density at radius 3 is 2.58 bits per heavy atom. The zero-order valence-electron chi connectivity index (χ0n) is 16.0. The number of carbonyl (C=O) groups is 1. The van der Waals surface area contributed by atoms with E-state index >= 15 is 0 Å². The van der Waals surface area contributed by atoms with E-state index in [1.165, 1.54) is 43.8 Å². The topological polar surface area (TPSA) is 83.3 Å². The van der Waals surface area contributed by atoms with Gasteiger partial charge in [-0.25, -0.2) is 9.37 Å². The minimum Gasteiger partial charge on any atom is -0.494 e. The van der Waals surface area contributed by atoms with Gasteiger partial charge in [0.15, 0.2) is 12.4 Å². The Bertz CT molecular complexity index is 1140. The van der Waals surface area contributed by atoms with Gasteiger partial charge in [0.25, 0.3) is 5.56 Å². The number of carbonyl (C=O) groups excluding carboxylic acids is 1. The van der Waals surface area contributed by atoms with E-state index in [-0.39, 0.29) is 29.3 Å². The molecule has 0 saturated heterocycles. The van der Waals surface area contributed by atoms with Crippen LogP contribution in [0.2, 0.25) is 0 Å². The van der Waals surface area contributed by atoms with E-state index < -0.39 is 29.9 Å². The lowest BCUT2D eigenvalue weighted by atomic mass is 10.1. The zero-order valence-corrected chi connectivity index (χ0v) is 16.0. The number of hydrogen-bond donors (Lipinski definition) is 0. The van der Waals surface area contributed by atoms with Crippen LogP contribution in [0.1, 0.15) is 15.9 Å². The number of halogens is 4. The highest BCUT2D eigenvalue weighted by atomic mass is 19.4. The van der Waals surface area contributed by atoms with Crippen molar-refractivity contribution in [2.24, 2.45) is 0 Å². The van der Waals surface area contributed by atoms with Crippen molar-refractivity contribution in [1.82, 2.24) is 14.8 Å². The molecule has 3 rings (SSSR count). The number of pyridine rings is 1. The second kappa shape index (κ2) is 8.94. The summed E-state index contributed by atoms with van der Waals surface area (Å²) < 4.78 is 60.5. The Morgan fingerprint density at radius 1 is 1.16 bits per heavy atom. The van der Waals surface area contributed by atoms with E-state index in [1.807, 2.05) is 0 Å². The molecule has 0 atom stereocenters. The molecule has 0 spiro atoms. The van der Waals surface area contributed by atoms with Crippen molar-refractivity contribution < 1.29 is 31.8 Å². The minimum atomic E-state index is -4.50. The number of alkyl halides is 3. The Kier molecular flexibility index (Phi) is 6.33. The van der Waals surface area contributed by atoms with Gasteiger partial charge in [-0.1, -0.05) is 6.07 Å². The first-order chi connectivity index (χ1) is 14.7. The van der Waals surface area contributed by atoms with Gasteiger partial charge in [0.05, 0.1) is 12.7 Å². The van der Waals surface area contributed by atoms with Crippen molar-refractivity contribution in [1.29, 1.82) is 0 Å². The van der Waals surface area contributed by atoms with Gasteiger partial charge in [-0.15, -0.1) is 0 Å². The summed E-state index contributed by atoms with van der Waals surface area (Å²) in [4.78, 5) is 29.1. The van der Waals surface area contributed by atoms with Crippen LogP contribution in [0.15, 0.2) is 53.6 Å². The summed E-state index contributed by atoms with van der Waals surface area (Å²) in [5.41, 5.74) is -0.405. The quantitative estimate of drug-likeness (QED) is 0.417. The molecule has 2 heterocycles. The normalized spacial score (nSPS) is 11.3. The molecule has 0 fully saturated rings. The number of ether oxygens (including phenoxy) is 2. The van der Waals surface area contributed by atoms with Gasteiger partial charge < -0.3 is 9.47 Å². The molecular weight excluding hydrogens is 422 g/mol. The molecule has 7 nitrogen and oxygen atoms in total. The summed E-state index contributed by atoms with van der Waals surface area (Å²) in [5.74, 6) is -1.33. The number of nitrogens with zero attached hydrogens (tertiary/aromatic N) is 3. The molecule has 0 saturated carbocycles. The van der Waals surface area contributed by atoms with Crippen LogP contribution in [-0.2, 0) is 6.42 Å². The molecule has 1 aromatic carbocycles. The number of aromatic nitrogens is 3. The number of methoxy groups -OCH3 is 1. The van der Waals surface area contributed by atoms with Gasteiger partial charge in [-0.2, -0.15) is 23.0 Å². The first-order valence-electron chi connectivity index (χ1n) is 8.78. The number of ketones is 1. The number of benzene rings is 1.